The first-order valence-corrected chi connectivity index (χ1v) is 11.8. The first-order valence-electron chi connectivity index (χ1n) is 11.8. The van der Waals surface area contributed by atoms with E-state index in [1.165, 1.54) is 0 Å². The van der Waals surface area contributed by atoms with Crippen molar-refractivity contribution in [2.45, 2.75) is 45.2 Å². The molecule has 0 fully saturated rings. The lowest BCUT2D eigenvalue weighted by molar-refractivity contribution is -0.142. The molecule has 194 valence electrons. The standard InChI is InChI=1S/C28H24F6N2O/c1-2-11-37-21-15-35-25(36-16-21)10-5-17-4-9-22-20(12-17)8-7-19(27(22)31)6-3-18-13-23(29)26(24(30)14-18)28(32,33)34/h4,7-9,12-16H,2-3,5-6,10-11H2,1H3. The third-order valence-electron chi connectivity index (χ3n) is 5.96. The highest BCUT2D eigenvalue weighted by Crippen LogP contribution is 2.34. The maximum atomic E-state index is 15.1. The van der Waals surface area contributed by atoms with E-state index in [1.807, 2.05) is 19.1 Å². The van der Waals surface area contributed by atoms with E-state index in [0.717, 1.165) is 12.0 Å². The van der Waals surface area contributed by atoms with Crippen molar-refractivity contribution in [2.24, 2.45) is 0 Å². The van der Waals surface area contributed by atoms with Gasteiger partial charge in [-0.3, -0.25) is 0 Å². The lowest BCUT2D eigenvalue weighted by atomic mass is 9.97. The molecule has 0 saturated carbocycles. The van der Waals surface area contributed by atoms with Gasteiger partial charge in [0.15, 0.2) is 5.75 Å². The van der Waals surface area contributed by atoms with Crippen molar-refractivity contribution >= 4 is 10.8 Å². The van der Waals surface area contributed by atoms with E-state index < -0.39 is 29.2 Å². The van der Waals surface area contributed by atoms with Crippen molar-refractivity contribution in [1.82, 2.24) is 9.97 Å². The topological polar surface area (TPSA) is 35.0 Å². The molecule has 0 aliphatic carbocycles. The monoisotopic (exact) mass is 518 g/mol. The summed E-state index contributed by atoms with van der Waals surface area (Å²) in [5.74, 6) is -2.54. The number of fused-ring (bicyclic) bond motifs is 1. The van der Waals surface area contributed by atoms with Gasteiger partial charge in [0.05, 0.1) is 19.0 Å². The molecule has 0 unspecified atom stereocenters. The van der Waals surface area contributed by atoms with Crippen molar-refractivity contribution < 1.29 is 31.1 Å². The van der Waals surface area contributed by atoms with Crippen LogP contribution in [0.5, 0.6) is 5.75 Å². The maximum absolute atomic E-state index is 15.1. The molecule has 9 heteroatoms. The maximum Gasteiger partial charge on any atom is 0.422 e. The Labute approximate surface area is 210 Å². The number of halogens is 6. The molecule has 0 saturated heterocycles. The molecule has 3 aromatic carbocycles. The van der Waals surface area contributed by atoms with Crippen LogP contribution in [0.1, 0.15) is 41.4 Å². The molecule has 37 heavy (non-hydrogen) atoms. The SMILES string of the molecule is CCCOc1cnc(CCc2ccc3c(F)c(CCc4cc(F)c(C(F)(F)F)c(F)c4)ccc3c2)nc1. The molecule has 0 atom stereocenters. The van der Waals surface area contributed by atoms with Gasteiger partial charge < -0.3 is 4.74 Å². The fourth-order valence-electron chi connectivity index (χ4n) is 4.08. The highest BCUT2D eigenvalue weighted by Gasteiger charge is 2.37. The molecule has 0 aliphatic heterocycles. The van der Waals surface area contributed by atoms with Crippen LogP contribution < -0.4 is 4.74 Å². The molecular formula is C28H24F6N2O. The van der Waals surface area contributed by atoms with Gasteiger partial charge in [-0.25, -0.2) is 23.1 Å². The van der Waals surface area contributed by atoms with E-state index in [4.69, 9.17) is 4.74 Å². The molecule has 3 nitrogen and oxygen atoms in total. The van der Waals surface area contributed by atoms with Crippen molar-refractivity contribution in [1.29, 1.82) is 0 Å². The highest BCUT2D eigenvalue weighted by atomic mass is 19.4. The van der Waals surface area contributed by atoms with E-state index in [2.05, 4.69) is 9.97 Å². The second-order valence-electron chi connectivity index (χ2n) is 8.71. The van der Waals surface area contributed by atoms with Crippen LogP contribution in [0.25, 0.3) is 10.8 Å². The van der Waals surface area contributed by atoms with Crippen LogP contribution in [-0.2, 0) is 31.9 Å². The third-order valence-corrected chi connectivity index (χ3v) is 5.96. The van der Waals surface area contributed by atoms with Crippen molar-refractivity contribution in [2.75, 3.05) is 6.61 Å². The van der Waals surface area contributed by atoms with Crippen molar-refractivity contribution in [3.05, 3.63) is 100 Å². The molecule has 4 aromatic rings. The lowest BCUT2D eigenvalue weighted by Gasteiger charge is -2.12. The van der Waals surface area contributed by atoms with Gasteiger partial charge in [-0.2, -0.15) is 13.2 Å². The van der Waals surface area contributed by atoms with E-state index in [0.29, 0.717) is 59.5 Å². The summed E-state index contributed by atoms with van der Waals surface area (Å²) in [4.78, 5) is 8.62. The Morgan fingerprint density at radius 2 is 1.46 bits per heavy atom. The number of benzene rings is 3. The van der Waals surface area contributed by atoms with E-state index >= 15 is 4.39 Å². The van der Waals surface area contributed by atoms with Gasteiger partial charge in [0, 0.05) is 11.8 Å². The normalized spacial score (nSPS) is 11.8. The lowest BCUT2D eigenvalue weighted by Crippen LogP contribution is -2.12. The fourth-order valence-corrected chi connectivity index (χ4v) is 4.08. The first kappa shape index (κ1) is 26.4. The van der Waals surface area contributed by atoms with Crippen molar-refractivity contribution in [3.63, 3.8) is 0 Å². The van der Waals surface area contributed by atoms with Crippen molar-refractivity contribution in [3.8, 4) is 5.75 Å². The van der Waals surface area contributed by atoms with Gasteiger partial charge in [0.25, 0.3) is 0 Å². The fraction of sp³-hybridized carbons (Fsp3) is 0.286. The van der Waals surface area contributed by atoms with Crippen LogP contribution in [0.4, 0.5) is 26.3 Å². The highest BCUT2D eigenvalue weighted by molar-refractivity contribution is 5.84. The van der Waals surface area contributed by atoms with E-state index in [1.54, 1.807) is 30.6 Å². The predicted octanol–water partition coefficient (Wildman–Crippen LogP) is 7.43. The summed E-state index contributed by atoms with van der Waals surface area (Å²) in [5, 5.41) is 1.08. The summed E-state index contributed by atoms with van der Waals surface area (Å²) in [7, 11) is 0. The Hall–Kier alpha value is -3.62. The Kier molecular flexibility index (Phi) is 8.00. The Balaban J connectivity index is 1.42. The zero-order chi connectivity index (χ0) is 26.6. The molecular weight excluding hydrogens is 494 g/mol. The summed E-state index contributed by atoms with van der Waals surface area (Å²) in [5.41, 5.74) is -0.622. The minimum absolute atomic E-state index is 0.0185. The molecule has 0 radical (unpaired) electrons. The van der Waals surface area contributed by atoms with Gasteiger partial charge in [-0.1, -0.05) is 37.3 Å². The number of alkyl halides is 3. The number of hydrogen-bond acceptors (Lipinski definition) is 3. The number of aromatic nitrogens is 2. The van der Waals surface area contributed by atoms with E-state index in [9.17, 15) is 22.0 Å². The van der Waals surface area contributed by atoms with Gasteiger partial charge in [0.1, 0.15) is 28.8 Å². The second-order valence-corrected chi connectivity index (χ2v) is 8.71. The van der Waals surface area contributed by atoms with Crippen LogP contribution in [-0.4, -0.2) is 16.6 Å². The molecule has 0 spiro atoms. The second kappa shape index (κ2) is 11.2. The van der Waals surface area contributed by atoms with Gasteiger partial charge in [-0.05, 0) is 59.9 Å². The van der Waals surface area contributed by atoms with Gasteiger partial charge in [0.2, 0.25) is 0 Å². The minimum Gasteiger partial charge on any atom is -0.490 e. The van der Waals surface area contributed by atoms with Crippen LogP contribution >= 0.6 is 0 Å². The number of hydrogen-bond donors (Lipinski definition) is 0. The summed E-state index contributed by atoms with van der Waals surface area (Å²) >= 11 is 0. The summed E-state index contributed by atoms with van der Waals surface area (Å²) in [6.45, 7) is 2.61. The smallest absolute Gasteiger partial charge is 0.422 e. The Morgan fingerprint density at radius 3 is 2.11 bits per heavy atom. The predicted molar refractivity (Wildman–Crippen MR) is 128 cm³/mol. The average Bonchev–Trinajstić information content (AvgIpc) is 2.85. The number of rotatable bonds is 9. The van der Waals surface area contributed by atoms with Crippen LogP contribution in [0.3, 0.4) is 0 Å². The molecule has 0 bridgehead atoms. The van der Waals surface area contributed by atoms with E-state index in [-0.39, 0.29) is 18.4 Å². The number of aryl methyl sites for hydroxylation is 4. The zero-order valence-electron chi connectivity index (χ0n) is 20.0. The quantitative estimate of drug-likeness (QED) is 0.216. The van der Waals surface area contributed by atoms with Crippen LogP contribution in [0.2, 0.25) is 0 Å². The largest absolute Gasteiger partial charge is 0.490 e. The molecule has 0 N–H and O–H groups in total. The van der Waals surface area contributed by atoms with Gasteiger partial charge >= 0.3 is 6.18 Å². The number of ether oxygens (including phenoxy) is 1. The molecule has 0 aliphatic rings. The Morgan fingerprint density at radius 1 is 0.784 bits per heavy atom. The van der Waals surface area contributed by atoms with Crippen LogP contribution in [0, 0.1) is 17.5 Å². The minimum atomic E-state index is -5.13. The summed E-state index contributed by atoms with van der Waals surface area (Å²) < 4.78 is 86.6. The summed E-state index contributed by atoms with van der Waals surface area (Å²) in [6.07, 6.45) is 0.352. The molecule has 4 rings (SSSR count). The molecule has 1 heterocycles. The zero-order valence-corrected chi connectivity index (χ0v) is 20.0. The van der Waals surface area contributed by atoms with Gasteiger partial charge in [-0.15, -0.1) is 0 Å². The van der Waals surface area contributed by atoms with Crippen LogP contribution in [0.15, 0.2) is 54.9 Å². The Bertz CT molecular complexity index is 1360. The average molecular weight is 519 g/mol. The first-order chi connectivity index (χ1) is 17.7. The molecule has 1 aromatic heterocycles. The molecule has 0 amide bonds. The summed E-state index contributed by atoms with van der Waals surface area (Å²) in [6, 6.07) is 9.98. The third kappa shape index (κ3) is 6.39. The number of nitrogens with zero attached hydrogens (tertiary/aromatic N) is 2.